The van der Waals surface area contributed by atoms with E-state index in [0.717, 1.165) is 76.6 Å². The number of halogens is 1. The molecule has 2 N–H and O–H groups in total. The van der Waals surface area contributed by atoms with Gasteiger partial charge in [-0.25, -0.2) is 0 Å². The molecule has 148 valence electrons. The summed E-state index contributed by atoms with van der Waals surface area (Å²) in [5, 5.41) is 18.6. The van der Waals surface area contributed by atoms with Crippen LogP contribution in [0.4, 0.5) is 0 Å². The lowest BCUT2D eigenvalue weighted by atomic mass is 9.96. The maximum atomic E-state index is 10.2. The second-order valence-electron chi connectivity index (χ2n) is 7.93. The summed E-state index contributed by atoms with van der Waals surface area (Å²) in [6, 6.07) is 5.90. The van der Waals surface area contributed by atoms with Gasteiger partial charge in [-0.15, -0.1) is 0 Å². The van der Waals surface area contributed by atoms with Crippen LogP contribution < -0.4 is 10.1 Å². The van der Waals surface area contributed by atoms with E-state index in [-0.39, 0.29) is 6.10 Å². The number of nitrogens with zero attached hydrogens (tertiary/aromatic N) is 2. The molecule has 4 heterocycles. The van der Waals surface area contributed by atoms with Gasteiger partial charge in [0.05, 0.1) is 17.5 Å². The number of ether oxygens (including phenoxy) is 1. The van der Waals surface area contributed by atoms with Crippen molar-refractivity contribution in [2.45, 2.75) is 44.4 Å². The van der Waals surface area contributed by atoms with Gasteiger partial charge in [0.1, 0.15) is 5.75 Å². The molecule has 3 aromatic rings. The predicted octanol–water partition coefficient (Wildman–Crippen LogP) is 3.69. The molecule has 0 saturated heterocycles. The lowest BCUT2D eigenvalue weighted by Crippen LogP contribution is -2.24. The molecular formula is C22H20ClN3O3. The molecule has 1 unspecified atom stereocenters. The lowest BCUT2D eigenvalue weighted by molar-refractivity contribution is 0.176. The number of hydrogen-bond donors (Lipinski definition) is 2. The number of benzene rings is 1. The minimum absolute atomic E-state index is 0.209. The van der Waals surface area contributed by atoms with Crippen molar-refractivity contribution in [1.29, 1.82) is 0 Å². The van der Waals surface area contributed by atoms with Crippen LogP contribution in [0.3, 0.4) is 0 Å². The number of aliphatic hydroxyl groups excluding tert-OH is 1. The Morgan fingerprint density at radius 2 is 2.10 bits per heavy atom. The summed E-state index contributed by atoms with van der Waals surface area (Å²) < 4.78 is 12.1. The first kappa shape index (κ1) is 17.4. The van der Waals surface area contributed by atoms with Gasteiger partial charge in [0, 0.05) is 53.8 Å². The SMILES string of the molecule is OC1CCc2c(-c3cc(Cl)cc4c3O[C@@H](c3onc5c3CNCC5)C4)ccnc21. The average molecular weight is 410 g/mol. The minimum atomic E-state index is -0.501. The molecule has 29 heavy (non-hydrogen) atoms. The number of hydrogen-bond acceptors (Lipinski definition) is 6. The van der Waals surface area contributed by atoms with Gasteiger partial charge in [-0.2, -0.15) is 0 Å². The first-order chi connectivity index (χ1) is 14.2. The third-order valence-electron chi connectivity index (χ3n) is 6.19. The highest BCUT2D eigenvalue weighted by Crippen LogP contribution is 2.48. The van der Waals surface area contributed by atoms with Crippen LogP contribution >= 0.6 is 11.6 Å². The van der Waals surface area contributed by atoms with E-state index in [1.807, 2.05) is 18.2 Å². The van der Waals surface area contributed by atoms with Crippen molar-refractivity contribution in [2.24, 2.45) is 0 Å². The first-order valence-corrected chi connectivity index (χ1v) is 10.4. The molecular weight excluding hydrogens is 390 g/mol. The number of fused-ring (bicyclic) bond motifs is 3. The Kier molecular flexibility index (Phi) is 3.94. The van der Waals surface area contributed by atoms with Crippen molar-refractivity contribution in [3.63, 3.8) is 0 Å². The number of pyridine rings is 1. The molecule has 0 radical (unpaired) electrons. The van der Waals surface area contributed by atoms with Crippen molar-refractivity contribution in [3.05, 3.63) is 63.3 Å². The van der Waals surface area contributed by atoms with Gasteiger partial charge < -0.3 is 19.7 Å². The zero-order valence-corrected chi connectivity index (χ0v) is 16.5. The molecule has 0 amide bonds. The molecule has 0 bridgehead atoms. The Balaban J connectivity index is 1.43. The topological polar surface area (TPSA) is 80.4 Å². The smallest absolute Gasteiger partial charge is 0.182 e. The number of nitrogens with one attached hydrogen (secondary N) is 1. The van der Waals surface area contributed by atoms with Crippen molar-refractivity contribution in [3.8, 4) is 16.9 Å². The second kappa shape index (κ2) is 6.55. The zero-order chi connectivity index (χ0) is 19.5. The maximum absolute atomic E-state index is 10.2. The van der Waals surface area contributed by atoms with E-state index in [2.05, 4.69) is 15.5 Å². The molecule has 1 aliphatic carbocycles. The van der Waals surface area contributed by atoms with Gasteiger partial charge in [0.2, 0.25) is 0 Å². The molecule has 6 nitrogen and oxygen atoms in total. The maximum Gasteiger partial charge on any atom is 0.182 e. The van der Waals surface area contributed by atoms with Crippen LogP contribution in [0.15, 0.2) is 28.9 Å². The Morgan fingerprint density at radius 3 is 3.03 bits per heavy atom. The Bertz CT molecular complexity index is 1130. The molecule has 2 aromatic heterocycles. The van der Waals surface area contributed by atoms with Crippen LogP contribution in [0.1, 0.15) is 52.5 Å². The van der Waals surface area contributed by atoms with Crippen molar-refractivity contribution in [1.82, 2.24) is 15.5 Å². The van der Waals surface area contributed by atoms with E-state index >= 15 is 0 Å². The molecule has 0 saturated carbocycles. The Morgan fingerprint density at radius 1 is 1.17 bits per heavy atom. The van der Waals surface area contributed by atoms with Crippen molar-refractivity contribution in [2.75, 3.05) is 6.54 Å². The molecule has 1 aromatic carbocycles. The number of aliphatic hydroxyl groups is 1. The summed E-state index contributed by atoms with van der Waals surface area (Å²) in [4.78, 5) is 4.39. The van der Waals surface area contributed by atoms with E-state index in [9.17, 15) is 5.11 Å². The van der Waals surface area contributed by atoms with E-state index in [1.54, 1.807) is 6.20 Å². The molecule has 0 fully saturated rings. The Labute approximate surface area is 172 Å². The molecule has 3 aliphatic rings. The third-order valence-corrected chi connectivity index (χ3v) is 6.41. The van der Waals surface area contributed by atoms with Gasteiger partial charge in [-0.3, -0.25) is 4.98 Å². The van der Waals surface area contributed by atoms with Gasteiger partial charge >= 0.3 is 0 Å². The summed E-state index contributed by atoms with van der Waals surface area (Å²) in [7, 11) is 0. The quantitative estimate of drug-likeness (QED) is 0.671. The fourth-order valence-electron chi connectivity index (χ4n) is 4.82. The highest BCUT2D eigenvalue weighted by atomic mass is 35.5. The predicted molar refractivity (Wildman–Crippen MR) is 107 cm³/mol. The van der Waals surface area contributed by atoms with Crippen LogP contribution in [-0.4, -0.2) is 21.8 Å². The molecule has 6 rings (SSSR count). The zero-order valence-electron chi connectivity index (χ0n) is 15.7. The fourth-order valence-corrected chi connectivity index (χ4v) is 5.06. The normalized spacial score (nSPS) is 22.1. The van der Waals surface area contributed by atoms with Gasteiger partial charge in [-0.1, -0.05) is 16.8 Å². The lowest BCUT2D eigenvalue weighted by Gasteiger charge is -2.16. The Hall–Kier alpha value is -2.41. The fraction of sp³-hybridized carbons (Fsp3) is 0.364. The molecule has 7 heteroatoms. The molecule has 2 aliphatic heterocycles. The summed E-state index contributed by atoms with van der Waals surface area (Å²) in [6.07, 6.45) is 4.11. The largest absolute Gasteiger partial charge is 0.481 e. The van der Waals surface area contributed by atoms with Crippen molar-refractivity contribution < 1.29 is 14.4 Å². The highest BCUT2D eigenvalue weighted by molar-refractivity contribution is 6.31. The average Bonchev–Trinajstić information content (AvgIpc) is 3.43. The second-order valence-corrected chi connectivity index (χ2v) is 8.36. The monoisotopic (exact) mass is 409 g/mol. The van der Waals surface area contributed by atoms with E-state index < -0.39 is 6.10 Å². The van der Waals surface area contributed by atoms with Crippen LogP contribution in [0.5, 0.6) is 5.75 Å². The van der Waals surface area contributed by atoms with E-state index in [1.165, 1.54) is 0 Å². The highest BCUT2D eigenvalue weighted by Gasteiger charge is 2.35. The van der Waals surface area contributed by atoms with Gasteiger partial charge in [-0.05, 0) is 42.2 Å². The van der Waals surface area contributed by atoms with Crippen LogP contribution in [-0.2, 0) is 25.8 Å². The standard InChI is InChI=1S/C22H20ClN3O3/c23-12-7-11-8-19(22-16-10-24-5-4-17(16)26-29-22)28-21(11)15(9-12)13-3-6-25-20-14(13)1-2-18(20)27/h3,6-7,9,18-19,24,27H,1-2,4-5,8,10H2/t18?,19-/m1/s1. The summed E-state index contributed by atoms with van der Waals surface area (Å²) in [5.74, 6) is 1.64. The number of aromatic nitrogens is 2. The van der Waals surface area contributed by atoms with Gasteiger partial charge in [0.25, 0.3) is 0 Å². The number of rotatable bonds is 2. The first-order valence-electron chi connectivity index (χ1n) is 10.0. The van der Waals surface area contributed by atoms with Gasteiger partial charge in [0.15, 0.2) is 11.9 Å². The summed E-state index contributed by atoms with van der Waals surface area (Å²) >= 11 is 6.48. The minimum Gasteiger partial charge on any atom is -0.481 e. The third kappa shape index (κ3) is 2.70. The van der Waals surface area contributed by atoms with E-state index in [4.69, 9.17) is 20.9 Å². The van der Waals surface area contributed by atoms with Crippen LogP contribution in [0.25, 0.3) is 11.1 Å². The van der Waals surface area contributed by atoms with E-state index in [0.29, 0.717) is 17.9 Å². The summed E-state index contributed by atoms with van der Waals surface area (Å²) in [5.41, 5.74) is 7.04. The van der Waals surface area contributed by atoms with Crippen molar-refractivity contribution >= 4 is 11.6 Å². The van der Waals surface area contributed by atoms with Crippen LogP contribution in [0, 0.1) is 0 Å². The molecule has 2 atom stereocenters. The molecule has 0 spiro atoms. The van der Waals surface area contributed by atoms with Crippen LogP contribution in [0.2, 0.25) is 5.02 Å². The summed E-state index contributed by atoms with van der Waals surface area (Å²) in [6.45, 7) is 1.68.